The number of carbonyl (C=O) groups is 1. The molecule has 8 heteroatoms. The van der Waals surface area contributed by atoms with Crippen LogP contribution in [0, 0.1) is 6.92 Å². The van der Waals surface area contributed by atoms with Crippen LogP contribution in [0.15, 0.2) is 76.1 Å². The molecule has 1 N–H and O–H groups in total. The minimum atomic E-state index is -3.73. The molecule has 0 heterocycles. The molecule has 0 spiro atoms. The van der Waals surface area contributed by atoms with E-state index in [9.17, 15) is 13.2 Å². The van der Waals surface area contributed by atoms with Gasteiger partial charge in [0.15, 0.2) is 0 Å². The van der Waals surface area contributed by atoms with Gasteiger partial charge in [-0.25, -0.2) is 8.42 Å². The number of benzene rings is 3. The number of amides is 1. The van der Waals surface area contributed by atoms with Gasteiger partial charge in [0, 0.05) is 27.8 Å². The van der Waals surface area contributed by atoms with Gasteiger partial charge in [0.05, 0.1) is 10.6 Å². The van der Waals surface area contributed by atoms with E-state index in [0.29, 0.717) is 22.0 Å². The van der Waals surface area contributed by atoms with Crippen molar-refractivity contribution in [3.8, 4) is 0 Å². The zero-order chi connectivity index (χ0) is 21.2. The van der Waals surface area contributed by atoms with Crippen molar-refractivity contribution in [3.63, 3.8) is 0 Å². The molecule has 3 aromatic carbocycles. The second kappa shape index (κ2) is 8.57. The van der Waals surface area contributed by atoms with Crippen molar-refractivity contribution in [3.05, 3.63) is 87.4 Å². The van der Waals surface area contributed by atoms with Crippen molar-refractivity contribution in [2.45, 2.75) is 11.8 Å². The van der Waals surface area contributed by atoms with Gasteiger partial charge in [-0.15, -0.1) is 0 Å². The van der Waals surface area contributed by atoms with E-state index in [1.165, 1.54) is 31.3 Å². The van der Waals surface area contributed by atoms with E-state index in [4.69, 9.17) is 11.6 Å². The van der Waals surface area contributed by atoms with Crippen LogP contribution in [0.2, 0.25) is 5.02 Å². The maximum atomic E-state index is 12.8. The molecular weight excluding hydrogens is 476 g/mol. The third kappa shape index (κ3) is 4.80. The van der Waals surface area contributed by atoms with Crippen molar-refractivity contribution in [2.24, 2.45) is 0 Å². The summed E-state index contributed by atoms with van der Waals surface area (Å²) in [6.07, 6.45) is 0. The smallest absolute Gasteiger partial charge is 0.264 e. The Morgan fingerprint density at radius 1 is 1.00 bits per heavy atom. The van der Waals surface area contributed by atoms with Crippen LogP contribution in [0.1, 0.15) is 15.9 Å². The number of nitrogens with zero attached hydrogens (tertiary/aromatic N) is 1. The van der Waals surface area contributed by atoms with E-state index in [0.717, 1.165) is 14.3 Å². The molecule has 0 fully saturated rings. The maximum Gasteiger partial charge on any atom is 0.264 e. The Kier molecular flexibility index (Phi) is 6.31. The van der Waals surface area contributed by atoms with Crippen LogP contribution in [0.5, 0.6) is 0 Å². The minimum absolute atomic E-state index is 0.136. The summed E-state index contributed by atoms with van der Waals surface area (Å²) >= 11 is 9.26. The van der Waals surface area contributed by atoms with Crippen LogP contribution in [0.3, 0.4) is 0 Å². The van der Waals surface area contributed by atoms with E-state index in [-0.39, 0.29) is 10.8 Å². The van der Waals surface area contributed by atoms with Crippen molar-refractivity contribution in [1.29, 1.82) is 0 Å². The molecule has 0 atom stereocenters. The van der Waals surface area contributed by atoms with Crippen molar-refractivity contribution >= 4 is 54.8 Å². The molecule has 5 nitrogen and oxygen atoms in total. The summed E-state index contributed by atoms with van der Waals surface area (Å²) in [7, 11) is -2.27. The lowest BCUT2D eigenvalue weighted by Crippen LogP contribution is -2.26. The SMILES string of the molecule is Cc1cc(NC(=O)c2ccc(N(C)S(=O)(=O)c3ccc(Cl)cc3)cc2)ccc1Br. The van der Waals surface area contributed by atoms with Gasteiger partial charge < -0.3 is 5.32 Å². The number of halogens is 2. The van der Waals surface area contributed by atoms with Crippen LogP contribution in [0.4, 0.5) is 11.4 Å². The largest absolute Gasteiger partial charge is 0.322 e. The fourth-order valence-electron chi connectivity index (χ4n) is 2.65. The first kappa shape index (κ1) is 21.4. The predicted molar refractivity (Wildman–Crippen MR) is 120 cm³/mol. The lowest BCUT2D eigenvalue weighted by molar-refractivity contribution is 0.102. The van der Waals surface area contributed by atoms with Crippen LogP contribution >= 0.6 is 27.5 Å². The van der Waals surface area contributed by atoms with E-state index in [1.807, 2.05) is 19.1 Å². The molecule has 29 heavy (non-hydrogen) atoms. The van der Waals surface area contributed by atoms with E-state index in [2.05, 4.69) is 21.2 Å². The van der Waals surface area contributed by atoms with Crippen molar-refractivity contribution < 1.29 is 13.2 Å². The second-order valence-corrected chi connectivity index (χ2v) is 9.65. The van der Waals surface area contributed by atoms with Crippen LogP contribution in [0.25, 0.3) is 0 Å². The highest BCUT2D eigenvalue weighted by Crippen LogP contribution is 2.24. The Hall–Kier alpha value is -2.35. The molecule has 3 rings (SSSR count). The number of nitrogens with one attached hydrogen (secondary N) is 1. The molecular formula is C21H18BrClN2O3S. The number of carbonyl (C=O) groups excluding carboxylic acids is 1. The molecule has 0 aliphatic heterocycles. The summed E-state index contributed by atoms with van der Waals surface area (Å²) in [4.78, 5) is 12.6. The first-order valence-corrected chi connectivity index (χ1v) is 11.2. The predicted octanol–water partition coefficient (Wildman–Crippen LogP) is 5.49. The van der Waals surface area contributed by atoms with Crippen molar-refractivity contribution in [1.82, 2.24) is 0 Å². The van der Waals surface area contributed by atoms with Gasteiger partial charge in [0.2, 0.25) is 0 Å². The zero-order valence-corrected chi connectivity index (χ0v) is 18.8. The number of aryl methyl sites for hydroxylation is 1. The lowest BCUT2D eigenvalue weighted by atomic mass is 10.1. The molecule has 0 radical (unpaired) electrons. The Bertz CT molecular complexity index is 1150. The van der Waals surface area contributed by atoms with Gasteiger partial charge >= 0.3 is 0 Å². The van der Waals surface area contributed by atoms with Gasteiger partial charge in [-0.05, 0) is 79.2 Å². The summed E-state index contributed by atoms with van der Waals surface area (Å²) in [6.45, 7) is 1.94. The number of sulfonamides is 1. The standard InChI is InChI=1S/C21H18BrClN2O3S/c1-14-13-17(7-12-20(14)22)24-21(26)15-3-8-18(9-4-15)25(2)29(27,28)19-10-5-16(23)6-11-19/h3-13H,1-2H3,(H,24,26). The molecule has 0 unspecified atom stereocenters. The van der Waals surface area contributed by atoms with Crippen LogP contribution in [-0.4, -0.2) is 21.4 Å². The Morgan fingerprint density at radius 3 is 2.21 bits per heavy atom. The molecule has 0 saturated carbocycles. The van der Waals surface area contributed by atoms with Gasteiger partial charge in [-0.2, -0.15) is 0 Å². The van der Waals surface area contributed by atoms with Gasteiger partial charge in [0.1, 0.15) is 0 Å². The fraction of sp³-hybridized carbons (Fsp3) is 0.0952. The highest BCUT2D eigenvalue weighted by molar-refractivity contribution is 9.10. The zero-order valence-electron chi connectivity index (χ0n) is 15.7. The van der Waals surface area contributed by atoms with E-state index < -0.39 is 10.0 Å². The van der Waals surface area contributed by atoms with Crippen LogP contribution in [-0.2, 0) is 10.0 Å². The molecule has 0 bridgehead atoms. The summed E-state index contributed by atoms with van der Waals surface area (Å²) in [5.74, 6) is -0.276. The van der Waals surface area contributed by atoms with Gasteiger partial charge in [0.25, 0.3) is 15.9 Å². The second-order valence-electron chi connectivity index (χ2n) is 6.39. The summed E-state index contributed by atoms with van der Waals surface area (Å²) < 4.78 is 27.7. The monoisotopic (exact) mass is 492 g/mol. The summed E-state index contributed by atoms with van der Waals surface area (Å²) in [5, 5.41) is 3.29. The summed E-state index contributed by atoms with van der Waals surface area (Å²) in [5.41, 5.74) is 2.55. The molecule has 0 aromatic heterocycles. The molecule has 0 saturated heterocycles. The number of hydrogen-bond donors (Lipinski definition) is 1. The third-order valence-corrected chi connectivity index (χ3v) is 7.32. The highest BCUT2D eigenvalue weighted by atomic mass is 79.9. The maximum absolute atomic E-state index is 12.8. The highest BCUT2D eigenvalue weighted by Gasteiger charge is 2.21. The molecule has 3 aromatic rings. The Labute approximate surface area is 183 Å². The van der Waals surface area contributed by atoms with Gasteiger partial charge in [-0.3, -0.25) is 9.10 Å². The Morgan fingerprint density at radius 2 is 1.62 bits per heavy atom. The lowest BCUT2D eigenvalue weighted by Gasteiger charge is -2.20. The topological polar surface area (TPSA) is 66.5 Å². The average Bonchev–Trinajstić information content (AvgIpc) is 2.70. The Balaban J connectivity index is 1.77. The molecule has 0 aliphatic rings. The number of anilines is 2. The van der Waals surface area contributed by atoms with Gasteiger partial charge in [-0.1, -0.05) is 27.5 Å². The molecule has 0 aliphatic carbocycles. The van der Waals surface area contributed by atoms with Crippen molar-refractivity contribution in [2.75, 3.05) is 16.7 Å². The normalized spacial score (nSPS) is 11.2. The summed E-state index contributed by atoms with van der Waals surface area (Å²) in [6, 6.07) is 17.9. The first-order valence-electron chi connectivity index (χ1n) is 8.60. The number of hydrogen-bond acceptors (Lipinski definition) is 3. The fourth-order valence-corrected chi connectivity index (χ4v) is 4.22. The van der Waals surface area contributed by atoms with Crippen LogP contribution < -0.4 is 9.62 Å². The van der Waals surface area contributed by atoms with E-state index >= 15 is 0 Å². The minimum Gasteiger partial charge on any atom is -0.322 e. The molecule has 150 valence electrons. The first-order chi connectivity index (χ1) is 13.7. The molecule has 1 amide bonds. The average molecular weight is 494 g/mol. The third-order valence-electron chi connectivity index (χ3n) is 4.38. The van der Waals surface area contributed by atoms with E-state index in [1.54, 1.807) is 30.3 Å². The quantitative estimate of drug-likeness (QED) is 0.511. The number of rotatable bonds is 5.